The molecule has 3 saturated heterocycles. The first-order valence-corrected chi connectivity index (χ1v) is 12.8. The van der Waals surface area contributed by atoms with Crippen molar-refractivity contribution in [3.05, 3.63) is 47.0 Å². The predicted octanol–water partition coefficient (Wildman–Crippen LogP) is 3.14. The Balaban J connectivity index is 1.20. The summed E-state index contributed by atoms with van der Waals surface area (Å²) in [7, 11) is 0. The second kappa shape index (κ2) is 6.40. The number of epoxide rings is 2. The molecule has 6 heteroatoms. The van der Waals surface area contributed by atoms with E-state index in [1.807, 2.05) is 19.9 Å². The molecule has 0 amide bonds. The molecule has 6 aliphatic rings. The summed E-state index contributed by atoms with van der Waals surface area (Å²) in [5.41, 5.74) is 0.920. The molecule has 3 aliphatic heterocycles. The van der Waals surface area contributed by atoms with Crippen molar-refractivity contribution in [2.45, 2.75) is 107 Å². The van der Waals surface area contributed by atoms with Crippen LogP contribution in [0.3, 0.4) is 0 Å². The Labute approximate surface area is 200 Å². The summed E-state index contributed by atoms with van der Waals surface area (Å²) in [6.45, 7) is 8.10. The number of hydrogen-bond acceptors (Lipinski definition) is 6. The van der Waals surface area contributed by atoms with E-state index in [2.05, 4.69) is 32.0 Å². The third kappa shape index (κ3) is 2.42. The molecule has 0 bridgehead atoms. The standard InChI is InChI=1S/C28H34O6/c1-14(19-13-25(2)27(4,34-25)24(30)32-19)15-7-9-17-16(12-15)8-10-18-21(17)22-23(33-22)28(31)11-5-6-20(29)26(18,28)3/h5-7,9,12,14,18-19,21-24,30-31H,8,10-11,13H2,1-4H3/t14-,18-,19+,21-,22-,23-,24+,25-,26+,27+,28-/m0/s1. The first-order chi connectivity index (χ1) is 16.0. The van der Waals surface area contributed by atoms with E-state index in [0.717, 1.165) is 19.3 Å². The molecule has 0 unspecified atom stereocenters. The van der Waals surface area contributed by atoms with Crippen LogP contribution in [0.15, 0.2) is 30.4 Å². The van der Waals surface area contributed by atoms with Gasteiger partial charge in [0.15, 0.2) is 12.1 Å². The van der Waals surface area contributed by atoms with Crippen molar-refractivity contribution in [2.24, 2.45) is 11.3 Å². The number of ether oxygens (including phenoxy) is 3. The fourth-order valence-electron chi connectivity index (χ4n) is 8.09. The smallest absolute Gasteiger partial charge is 0.186 e. The van der Waals surface area contributed by atoms with E-state index in [-0.39, 0.29) is 47.4 Å². The molecular formula is C28H34O6. The highest BCUT2D eigenvalue weighted by atomic mass is 16.7. The zero-order valence-corrected chi connectivity index (χ0v) is 20.3. The van der Waals surface area contributed by atoms with Crippen LogP contribution in [0.5, 0.6) is 0 Å². The summed E-state index contributed by atoms with van der Waals surface area (Å²) in [6.07, 6.45) is 5.14. The third-order valence-corrected chi connectivity index (χ3v) is 10.8. The molecule has 0 aromatic heterocycles. The van der Waals surface area contributed by atoms with Crippen LogP contribution in [-0.2, 0) is 25.4 Å². The number of fused-ring (bicyclic) bond motifs is 9. The van der Waals surface area contributed by atoms with Crippen molar-refractivity contribution >= 4 is 5.78 Å². The summed E-state index contributed by atoms with van der Waals surface area (Å²) in [5, 5.41) is 22.1. The van der Waals surface area contributed by atoms with E-state index >= 15 is 0 Å². The fourth-order valence-corrected chi connectivity index (χ4v) is 8.09. The SMILES string of the molecule is C[C@@H](c1ccc2c(c1)CC[C@H]1[C@H]2[C@@H]2O[C@@H]2[C@@]2(O)CC=CC(=O)[C@@]12C)[C@H]1C[C@]2(C)O[C@]2(C)[C@H](O)O1. The lowest BCUT2D eigenvalue weighted by molar-refractivity contribution is -0.187. The van der Waals surface area contributed by atoms with E-state index in [9.17, 15) is 15.0 Å². The lowest BCUT2D eigenvalue weighted by Gasteiger charge is -2.55. The quantitative estimate of drug-likeness (QED) is 0.651. The Morgan fingerprint density at radius 1 is 1.18 bits per heavy atom. The van der Waals surface area contributed by atoms with Crippen LogP contribution in [-0.4, -0.2) is 57.4 Å². The number of aliphatic hydroxyl groups is 2. The maximum absolute atomic E-state index is 13.2. The van der Waals surface area contributed by atoms with E-state index in [1.165, 1.54) is 16.7 Å². The fraction of sp³-hybridized carbons (Fsp3) is 0.679. The van der Waals surface area contributed by atoms with Gasteiger partial charge in [-0.2, -0.15) is 0 Å². The third-order valence-electron chi connectivity index (χ3n) is 10.8. The van der Waals surface area contributed by atoms with Crippen LogP contribution >= 0.6 is 0 Å². The molecule has 1 saturated carbocycles. The minimum absolute atomic E-state index is 0.0221. The van der Waals surface area contributed by atoms with Gasteiger partial charge in [-0.3, -0.25) is 4.79 Å². The van der Waals surface area contributed by atoms with Crippen molar-refractivity contribution in [1.29, 1.82) is 0 Å². The van der Waals surface area contributed by atoms with Gasteiger partial charge >= 0.3 is 0 Å². The van der Waals surface area contributed by atoms with Crippen LogP contribution in [0.25, 0.3) is 0 Å². The van der Waals surface area contributed by atoms with Crippen LogP contribution in [0.1, 0.15) is 75.5 Å². The molecule has 0 spiro atoms. The lowest BCUT2D eigenvalue weighted by atomic mass is 9.48. The number of carbonyl (C=O) groups excluding carboxylic acids is 1. The first-order valence-electron chi connectivity index (χ1n) is 12.8. The van der Waals surface area contributed by atoms with Crippen molar-refractivity contribution in [3.63, 3.8) is 0 Å². The summed E-state index contributed by atoms with van der Waals surface area (Å²) >= 11 is 0. The number of ketones is 1. The van der Waals surface area contributed by atoms with Crippen molar-refractivity contribution in [1.82, 2.24) is 0 Å². The largest absolute Gasteiger partial charge is 0.386 e. The maximum Gasteiger partial charge on any atom is 0.186 e. The zero-order chi connectivity index (χ0) is 23.8. The Hall–Kier alpha value is -1.57. The highest BCUT2D eigenvalue weighted by Crippen LogP contribution is 2.66. The van der Waals surface area contributed by atoms with Crippen LogP contribution in [0.2, 0.25) is 0 Å². The van der Waals surface area contributed by atoms with Crippen LogP contribution in [0.4, 0.5) is 0 Å². The minimum Gasteiger partial charge on any atom is -0.386 e. The molecule has 0 radical (unpaired) electrons. The Morgan fingerprint density at radius 2 is 1.97 bits per heavy atom. The number of hydrogen-bond donors (Lipinski definition) is 2. The maximum atomic E-state index is 13.2. The Kier molecular flexibility index (Phi) is 4.08. The van der Waals surface area contributed by atoms with E-state index in [0.29, 0.717) is 6.42 Å². The van der Waals surface area contributed by atoms with Crippen molar-refractivity contribution < 1.29 is 29.2 Å². The Bertz CT molecular complexity index is 1130. The van der Waals surface area contributed by atoms with Gasteiger partial charge in [0.2, 0.25) is 0 Å². The van der Waals surface area contributed by atoms with Gasteiger partial charge in [-0.15, -0.1) is 0 Å². The summed E-state index contributed by atoms with van der Waals surface area (Å²) < 4.78 is 18.0. The molecule has 182 valence electrons. The number of aryl methyl sites for hydroxylation is 1. The summed E-state index contributed by atoms with van der Waals surface area (Å²) in [4.78, 5) is 13.2. The van der Waals surface area contributed by atoms with Crippen molar-refractivity contribution in [3.8, 4) is 0 Å². The van der Waals surface area contributed by atoms with Gasteiger partial charge in [-0.05, 0) is 68.7 Å². The second-order valence-corrected chi connectivity index (χ2v) is 12.2. The van der Waals surface area contributed by atoms with Crippen molar-refractivity contribution in [2.75, 3.05) is 0 Å². The summed E-state index contributed by atoms with van der Waals surface area (Å²) in [6, 6.07) is 6.68. The number of allylic oxidation sites excluding steroid dienone is 1. The lowest BCUT2D eigenvalue weighted by Crippen LogP contribution is -2.65. The van der Waals surface area contributed by atoms with E-state index in [1.54, 1.807) is 6.08 Å². The monoisotopic (exact) mass is 466 g/mol. The molecule has 1 aromatic rings. The normalized spacial score (nSPS) is 53.1. The molecule has 3 heterocycles. The van der Waals surface area contributed by atoms with E-state index < -0.39 is 22.9 Å². The first kappa shape index (κ1) is 21.7. The average molecular weight is 467 g/mol. The van der Waals surface area contributed by atoms with Gasteiger partial charge in [0.25, 0.3) is 0 Å². The molecule has 2 N–H and O–H groups in total. The average Bonchev–Trinajstić information content (AvgIpc) is 3.70. The number of carbonyl (C=O) groups is 1. The second-order valence-electron chi connectivity index (χ2n) is 12.2. The molecule has 11 atom stereocenters. The topological polar surface area (TPSA) is 91.8 Å². The predicted molar refractivity (Wildman–Crippen MR) is 123 cm³/mol. The molecule has 4 fully saturated rings. The van der Waals surface area contributed by atoms with Gasteiger partial charge < -0.3 is 24.4 Å². The molecular weight excluding hydrogens is 432 g/mol. The highest BCUT2D eigenvalue weighted by Gasteiger charge is 2.75. The molecule has 6 nitrogen and oxygen atoms in total. The highest BCUT2D eigenvalue weighted by molar-refractivity contribution is 5.97. The van der Waals surface area contributed by atoms with Crippen LogP contribution in [0, 0.1) is 11.3 Å². The van der Waals surface area contributed by atoms with Gasteiger partial charge in [0.1, 0.15) is 22.9 Å². The van der Waals surface area contributed by atoms with Gasteiger partial charge in [0.05, 0.1) is 17.6 Å². The number of rotatable bonds is 2. The number of aliphatic hydroxyl groups excluding tert-OH is 1. The zero-order valence-electron chi connectivity index (χ0n) is 20.3. The Morgan fingerprint density at radius 3 is 2.74 bits per heavy atom. The molecule has 7 rings (SSSR count). The molecule has 34 heavy (non-hydrogen) atoms. The van der Waals surface area contributed by atoms with Crippen LogP contribution < -0.4 is 0 Å². The molecule has 3 aliphatic carbocycles. The molecule has 1 aromatic carbocycles. The minimum atomic E-state index is -1.11. The van der Waals surface area contributed by atoms with E-state index in [4.69, 9.17) is 14.2 Å². The number of benzene rings is 1. The van der Waals surface area contributed by atoms with Gasteiger partial charge in [0, 0.05) is 18.3 Å². The summed E-state index contributed by atoms with van der Waals surface area (Å²) in [5.74, 6) is 0.351. The van der Waals surface area contributed by atoms with Gasteiger partial charge in [-0.25, -0.2) is 0 Å². The van der Waals surface area contributed by atoms with Gasteiger partial charge in [-0.1, -0.05) is 31.2 Å².